The minimum absolute atomic E-state index is 0.330. The number of aromatic hydroxyl groups is 1. The molecule has 14 heavy (non-hydrogen) atoms. The van der Waals surface area contributed by atoms with Crippen molar-refractivity contribution in [1.29, 1.82) is 0 Å². The number of rotatable bonds is 3. The van der Waals surface area contributed by atoms with Gasteiger partial charge in [0, 0.05) is 25.5 Å². The molecule has 1 heterocycles. The van der Waals surface area contributed by atoms with E-state index in [0.29, 0.717) is 11.7 Å². The van der Waals surface area contributed by atoms with E-state index in [1.807, 2.05) is 12.1 Å². The first kappa shape index (κ1) is 9.81. The molecule has 0 saturated carbocycles. The highest BCUT2D eigenvalue weighted by molar-refractivity contribution is 6.18. The average Bonchev–Trinajstić information content (AvgIpc) is 2.13. The number of benzene rings is 1. The van der Waals surface area contributed by atoms with Crippen LogP contribution in [-0.2, 0) is 6.54 Å². The van der Waals surface area contributed by atoms with Crippen LogP contribution >= 0.6 is 11.6 Å². The Bertz CT molecular complexity index is 293. The maximum absolute atomic E-state index is 9.11. The highest BCUT2D eigenvalue weighted by Crippen LogP contribution is 2.20. The number of likely N-dealkylation sites (tertiary alicyclic amines) is 1. The molecule has 0 aliphatic carbocycles. The van der Waals surface area contributed by atoms with Gasteiger partial charge in [-0.3, -0.25) is 4.90 Å². The molecule has 0 amide bonds. The topological polar surface area (TPSA) is 23.5 Å². The summed E-state index contributed by atoms with van der Waals surface area (Å²) in [5.41, 5.74) is 1.25. The molecule has 1 N–H and O–H groups in total. The predicted molar refractivity (Wildman–Crippen MR) is 57.6 cm³/mol. The van der Waals surface area contributed by atoms with E-state index in [4.69, 9.17) is 16.7 Å². The highest BCUT2D eigenvalue weighted by Gasteiger charge is 2.25. The van der Waals surface area contributed by atoms with Crippen molar-refractivity contribution in [3.8, 4) is 5.75 Å². The van der Waals surface area contributed by atoms with Crippen LogP contribution in [0.5, 0.6) is 5.75 Å². The van der Waals surface area contributed by atoms with Crippen LogP contribution in [0, 0.1) is 5.92 Å². The van der Waals surface area contributed by atoms with Gasteiger partial charge in [0.2, 0.25) is 0 Å². The minimum atomic E-state index is 0.330. The first-order valence-electron chi connectivity index (χ1n) is 4.84. The number of nitrogens with zero attached hydrogens (tertiary/aromatic N) is 1. The van der Waals surface area contributed by atoms with Crippen molar-refractivity contribution in [2.24, 2.45) is 5.92 Å². The molecule has 0 spiro atoms. The van der Waals surface area contributed by atoms with Crippen molar-refractivity contribution in [3.05, 3.63) is 29.8 Å². The molecular formula is C11H14ClNO. The Morgan fingerprint density at radius 2 is 1.93 bits per heavy atom. The molecule has 1 aliphatic rings. The Morgan fingerprint density at radius 3 is 2.50 bits per heavy atom. The summed E-state index contributed by atoms with van der Waals surface area (Å²) in [5.74, 6) is 1.77. The number of hydrogen-bond acceptors (Lipinski definition) is 2. The SMILES string of the molecule is Oc1ccc(CN2CC(CCl)C2)cc1. The predicted octanol–water partition coefficient (Wildman–Crippen LogP) is 2.06. The monoisotopic (exact) mass is 211 g/mol. The summed E-state index contributed by atoms with van der Waals surface area (Å²) in [6.07, 6.45) is 0. The van der Waals surface area contributed by atoms with Crippen LogP contribution in [0.25, 0.3) is 0 Å². The summed E-state index contributed by atoms with van der Waals surface area (Å²) < 4.78 is 0. The zero-order valence-corrected chi connectivity index (χ0v) is 8.74. The van der Waals surface area contributed by atoms with Gasteiger partial charge in [0.15, 0.2) is 0 Å². The molecular weight excluding hydrogens is 198 g/mol. The summed E-state index contributed by atoms with van der Waals surface area (Å²) in [7, 11) is 0. The normalized spacial score (nSPS) is 18.1. The highest BCUT2D eigenvalue weighted by atomic mass is 35.5. The second kappa shape index (κ2) is 4.20. The van der Waals surface area contributed by atoms with E-state index in [-0.39, 0.29) is 0 Å². The van der Waals surface area contributed by atoms with Crippen molar-refractivity contribution in [1.82, 2.24) is 4.90 Å². The Hall–Kier alpha value is -0.730. The number of hydrogen-bond donors (Lipinski definition) is 1. The van der Waals surface area contributed by atoms with Gasteiger partial charge in [0.25, 0.3) is 0 Å². The molecule has 1 aromatic rings. The maximum Gasteiger partial charge on any atom is 0.115 e. The molecule has 0 radical (unpaired) electrons. The van der Waals surface area contributed by atoms with Crippen LogP contribution < -0.4 is 0 Å². The van der Waals surface area contributed by atoms with E-state index >= 15 is 0 Å². The second-order valence-electron chi connectivity index (χ2n) is 3.88. The smallest absolute Gasteiger partial charge is 0.115 e. The quantitative estimate of drug-likeness (QED) is 0.774. The molecule has 2 rings (SSSR count). The first-order valence-corrected chi connectivity index (χ1v) is 5.37. The summed E-state index contributed by atoms with van der Waals surface area (Å²) in [4.78, 5) is 2.36. The fourth-order valence-electron chi connectivity index (χ4n) is 1.76. The van der Waals surface area contributed by atoms with Gasteiger partial charge in [-0.2, -0.15) is 0 Å². The standard InChI is InChI=1S/C11H14ClNO/c12-5-10-7-13(8-10)6-9-1-3-11(14)4-2-9/h1-4,10,14H,5-8H2. The van der Waals surface area contributed by atoms with E-state index < -0.39 is 0 Å². The molecule has 3 heteroatoms. The Kier molecular flexibility index (Phi) is 2.94. The van der Waals surface area contributed by atoms with Crippen LogP contribution in [-0.4, -0.2) is 29.0 Å². The molecule has 0 aromatic heterocycles. The number of phenolic OH excluding ortho intramolecular Hbond substituents is 1. The summed E-state index contributed by atoms with van der Waals surface area (Å²) in [6.45, 7) is 3.17. The number of alkyl halides is 1. The van der Waals surface area contributed by atoms with Crippen LogP contribution in [0.1, 0.15) is 5.56 Å². The third-order valence-corrected chi connectivity index (χ3v) is 3.03. The second-order valence-corrected chi connectivity index (χ2v) is 4.19. The third kappa shape index (κ3) is 2.20. The molecule has 76 valence electrons. The fraction of sp³-hybridized carbons (Fsp3) is 0.455. The van der Waals surface area contributed by atoms with E-state index in [0.717, 1.165) is 25.5 Å². The third-order valence-electron chi connectivity index (χ3n) is 2.59. The minimum Gasteiger partial charge on any atom is -0.508 e. The van der Waals surface area contributed by atoms with Crippen molar-refractivity contribution < 1.29 is 5.11 Å². The van der Waals surface area contributed by atoms with Gasteiger partial charge in [0.05, 0.1) is 0 Å². The summed E-state index contributed by atoms with van der Waals surface area (Å²) in [5, 5.41) is 9.11. The molecule has 2 nitrogen and oxygen atoms in total. The Balaban J connectivity index is 1.84. The van der Waals surface area contributed by atoms with Gasteiger partial charge in [-0.25, -0.2) is 0 Å². The van der Waals surface area contributed by atoms with Crippen LogP contribution in [0.15, 0.2) is 24.3 Å². The summed E-state index contributed by atoms with van der Waals surface area (Å²) in [6, 6.07) is 7.38. The molecule has 0 bridgehead atoms. The van der Waals surface area contributed by atoms with E-state index in [2.05, 4.69) is 4.90 Å². The van der Waals surface area contributed by atoms with Gasteiger partial charge >= 0.3 is 0 Å². The zero-order chi connectivity index (χ0) is 9.97. The lowest BCUT2D eigenvalue weighted by Gasteiger charge is -2.38. The first-order chi connectivity index (χ1) is 6.78. The van der Waals surface area contributed by atoms with Crippen LogP contribution in [0.2, 0.25) is 0 Å². The van der Waals surface area contributed by atoms with Crippen molar-refractivity contribution >= 4 is 11.6 Å². The van der Waals surface area contributed by atoms with Gasteiger partial charge < -0.3 is 5.11 Å². The molecule has 1 fully saturated rings. The maximum atomic E-state index is 9.11. The molecule has 1 aliphatic heterocycles. The number of halogens is 1. The van der Waals surface area contributed by atoms with Crippen LogP contribution in [0.4, 0.5) is 0 Å². The van der Waals surface area contributed by atoms with E-state index in [9.17, 15) is 0 Å². The number of phenols is 1. The van der Waals surface area contributed by atoms with Crippen LogP contribution in [0.3, 0.4) is 0 Å². The van der Waals surface area contributed by atoms with Gasteiger partial charge in [-0.05, 0) is 23.6 Å². The molecule has 0 atom stereocenters. The zero-order valence-electron chi connectivity index (χ0n) is 7.99. The molecule has 0 unspecified atom stereocenters. The lowest BCUT2D eigenvalue weighted by Crippen LogP contribution is -2.46. The van der Waals surface area contributed by atoms with Gasteiger partial charge in [0.1, 0.15) is 5.75 Å². The Labute approximate surface area is 89.1 Å². The summed E-state index contributed by atoms with van der Waals surface area (Å²) >= 11 is 5.73. The Morgan fingerprint density at radius 1 is 1.29 bits per heavy atom. The average molecular weight is 212 g/mol. The van der Waals surface area contributed by atoms with Crippen molar-refractivity contribution in [3.63, 3.8) is 0 Å². The van der Waals surface area contributed by atoms with E-state index in [1.165, 1.54) is 5.56 Å². The van der Waals surface area contributed by atoms with Crippen molar-refractivity contribution in [2.45, 2.75) is 6.54 Å². The molecule has 1 aromatic carbocycles. The van der Waals surface area contributed by atoms with E-state index in [1.54, 1.807) is 12.1 Å². The lowest BCUT2D eigenvalue weighted by atomic mass is 10.0. The largest absolute Gasteiger partial charge is 0.508 e. The molecule has 1 saturated heterocycles. The lowest BCUT2D eigenvalue weighted by molar-refractivity contribution is 0.107. The van der Waals surface area contributed by atoms with Gasteiger partial charge in [-0.15, -0.1) is 11.6 Å². The fourth-order valence-corrected chi connectivity index (χ4v) is 1.96. The van der Waals surface area contributed by atoms with Crippen molar-refractivity contribution in [2.75, 3.05) is 19.0 Å². The van der Waals surface area contributed by atoms with Gasteiger partial charge in [-0.1, -0.05) is 12.1 Å².